The van der Waals surface area contributed by atoms with Gasteiger partial charge in [-0.1, -0.05) is 11.6 Å². The third kappa shape index (κ3) is 2.62. The average Bonchev–Trinajstić information content (AvgIpc) is 2.29. The Labute approximate surface area is 104 Å². The van der Waals surface area contributed by atoms with Crippen molar-refractivity contribution < 1.29 is 8.42 Å². The molecule has 0 saturated heterocycles. The maximum atomic E-state index is 11.3. The van der Waals surface area contributed by atoms with E-state index in [9.17, 15) is 8.42 Å². The highest BCUT2D eigenvalue weighted by molar-refractivity contribution is 7.90. The predicted molar refractivity (Wildman–Crippen MR) is 65.6 cm³/mol. The second-order valence-electron chi connectivity index (χ2n) is 3.49. The van der Waals surface area contributed by atoms with Crippen LogP contribution in [-0.2, 0) is 9.84 Å². The summed E-state index contributed by atoms with van der Waals surface area (Å²) in [6.07, 6.45) is 4.34. The molecular weight excluding hydrogens is 260 g/mol. The van der Waals surface area contributed by atoms with E-state index in [0.717, 1.165) is 6.26 Å². The van der Waals surface area contributed by atoms with E-state index in [1.54, 1.807) is 24.5 Å². The van der Waals surface area contributed by atoms with Crippen molar-refractivity contribution in [2.24, 2.45) is 0 Å². The third-order valence-electron chi connectivity index (χ3n) is 2.18. The first-order valence-electron chi connectivity index (χ1n) is 4.75. The molecule has 0 atom stereocenters. The number of hydrogen-bond acceptors (Lipinski definition) is 4. The van der Waals surface area contributed by atoms with E-state index >= 15 is 0 Å². The van der Waals surface area contributed by atoms with Gasteiger partial charge in [-0.25, -0.2) is 18.4 Å². The van der Waals surface area contributed by atoms with Gasteiger partial charge in [-0.3, -0.25) is 0 Å². The van der Waals surface area contributed by atoms with Crippen molar-refractivity contribution in [3.8, 4) is 11.4 Å². The van der Waals surface area contributed by atoms with Gasteiger partial charge in [-0.2, -0.15) is 0 Å². The third-order valence-corrected chi connectivity index (χ3v) is 3.60. The minimum Gasteiger partial charge on any atom is -0.237 e. The standard InChI is InChI=1S/C11H9ClN2O2S/c1-17(15,16)8-3-4-9(10(12)7-8)11-13-5-2-6-14-11/h2-7H,1H3. The number of aromatic nitrogens is 2. The molecule has 1 aromatic carbocycles. The first-order valence-corrected chi connectivity index (χ1v) is 7.02. The van der Waals surface area contributed by atoms with Crippen LogP contribution in [-0.4, -0.2) is 24.6 Å². The Morgan fingerprint density at radius 3 is 2.35 bits per heavy atom. The highest BCUT2D eigenvalue weighted by Crippen LogP contribution is 2.27. The monoisotopic (exact) mass is 268 g/mol. The smallest absolute Gasteiger partial charge is 0.175 e. The number of hydrogen-bond donors (Lipinski definition) is 0. The Morgan fingerprint density at radius 2 is 1.82 bits per heavy atom. The van der Waals surface area contributed by atoms with Crippen molar-refractivity contribution in [3.63, 3.8) is 0 Å². The molecule has 6 heteroatoms. The molecule has 0 aliphatic rings. The Bertz CT molecular complexity index is 642. The van der Waals surface area contributed by atoms with Crippen LogP contribution in [0, 0.1) is 0 Å². The van der Waals surface area contributed by atoms with Crippen LogP contribution in [0.5, 0.6) is 0 Å². The second kappa shape index (κ2) is 4.43. The number of halogens is 1. The molecule has 0 unspecified atom stereocenters. The van der Waals surface area contributed by atoms with Crippen LogP contribution in [0.4, 0.5) is 0 Å². The highest BCUT2D eigenvalue weighted by atomic mass is 35.5. The first kappa shape index (κ1) is 12.0. The van der Waals surface area contributed by atoms with Crippen molar-refractivity contribution >= 4 is 21.4 Å². The van der Waals surface area contributed by atoms with Crippen LogP contribution in [0.25, 0.3) is 11.4 Å². The van der Waals surface area contributed by atoms with Crippen molar-refractivity contribution in [2.75, 3.05) is 6.26 Å². The zero-order valence-electron chi connectivity index (χ0n) is 8.96. The Hall–Kier alpha value is -1.46. The lowest BCUT2D eigenvalue weighted by Crippen LogP contribution is -1.97. The number of nitrogens with zero attached hydrogens (tertiary/aromatic N) is 2. The molecule has 0 amide bonds. The molecule has 4 nitrogen and oxygen atoms in total. The number of benzene rings is 1. The molecule has 0 N–H and O–H groups in total. The lowest BCUT2D eigenvalue weighted by molar-refractivity contribution is 0.602. The number of sulfone groups is 1. The van der Waals surface area contributed by atoms with Gasteiger partial charge in [-0.05, 0) is 24.3 Å². The molecule has 17 heavy (non-hydrogen) atoms. The molecule has 0 radical (unpaired) electrons. The maximum absolute atomic E-state index is 11.3. The van der Waals surface area contributed by atoms with Crippen LogP contribution in [0.15, 0.2) is 41.6 Å². The summed E-state index contributed by atoms with van der Waals surface area (Å²) in [5, 5.41) is 0.319. The summed E-state index contributed by atoms with van der Waals surface area (Å²) in [6.45, 7) is 0. The van der Waals surface area contributed by atoms with Crippen LogP contribution in [0.1, 0.15) is 0 Å². The van der Waals surface area contributed by atoms with Gasteiger partial charge in [0.25, 0.3) is 0 Å². The molecule has 1 heterocycles. The van der Waals surface area contributed by atoms with Crippen molar-refractivity contribution in [3.05, 3.63) is 41.7 Å². The van der Waals surface area contributed by atoms with E-state index in [1.165, 1.54) is 12.1 Å². The van der Waals surface area contributed by atoms with Gasteiger partial charge in [0, 0.05) is 24.2 Å². The zero-order valence-corrected chi connectivity index (χ0v) is 10.5. The van der Waals surface area contributed by atoms with Gasteiger partial charge >= 0.3 is 0 Å². The Balaban J connectivity index is 2.54. The first-order chi connectivity index (χ1) is 7.98. The zero-order chi connectivity index (χ0) is 12.5. The summed E-state index contributed by atoms with van der Waals surface area (Å²) < 4.78 is 22.7. The molecule has 0 aliphatic carbocycles. The normalized spacial score (nSPS) is 11.4. The fourth-order valence-corrected chi connectivity index (χ4v) is 2.32. The molecule has 0 aliphatic heterocycles. The van der Waals surface area contributed by atoms with Crippen LogP contribution >= 0.6 is 11.6 Å². The van der Waals surface area contributed by atoms with Crippen LogP contribution < -0.4 is 0 Å². The second-order valence-corrected chi connectivity index (χ2v) is 5.91. The molecule has 0 bridgehead atoms. The quantitative estimate of drug-likeness (QED) is 0.838. The topological polar surface area (TPSA) is 59.9 Å². The molecule has 0 spiro atoms. The Kier molecular flexibility index (Phi) is 3.13. The van der Waals surface area contributed by atoms with Gasteiger partial charge < -0.3 is 0 Å². The molecule has 0 saturated carbocycles. The highest BCUT2D eigenvalue weighted by Gasteiger charge is 2.12. The van der Waals surface area contributed by atoms with Gasteiger partial charge in [-0.15, -0.1) is 0 Å². The van der Waals surface area contributed by atoms with E-state index in [1.807, 2.05) is 0 Å². The van der Waals surface area contributed by atoms with E-state index in [2.05, 4.69) is 9.97 Å². The fourth-order valence-electron chi connectivity index (χ4n) is 1.35. The van der Waals surface area contributed by atoms with Crippen LogP contribution in [0.2, 0.25) is 5.02 Å². The van der Waals surface area contributed by atoms with Crippen molar-refractivity contribution in [1.82, 2.24) is 9.97 Å². The largest absolute Gasteiger partial charge is 0.237 e. The van der Waals surface area contributed by atoms with E-state index in [-0.39, 0.29) is 4.90 Å². The number of rotatable bonds is 2. The summed E-state index contributed by atoms with van der Waals surface area (Å²) in [6, 6.07) is 6.20. The lowest BCUT2D eigenvalue weighted by atomic mass is 10.2. The summed E-state index contributed by atoms with van der Waals surface area (Å²) >= 11 is 6.03. The molecule has 2 rings (SSSR count). The summed E-state index contributed by atoms with van der Waals surface area (Å²) in [4.78, 5) is 8.30. The molecular formula is C11H9ClN2O2S. The fraction of sp³-hybridized carbons (Fsp3) is 0.0909. The Morgan fingerprint density at radius 1 is 1.18 bits per heavy atom. The van der Waals surface area contributed by atoms with E-state index in [4.69, 9.17) is 11.6 Å². The summed E-state index contributed by atoms with van der Waals surface area (Å²) in [7, 11) is -3.25. The SMILES string of the molecule is CS(=O)(=O)c1ccc(-c2ncccn2)c(Cl)c1. The summed E-state index contributed by atoms with van der Waals surface area (Å²) in [5.41, 5.74) is 0.611. The average molecular weight is 269 g/mol. The molecule has 88 valence electrons. The molecule has 0 fully saturated rings. The van der Waals surface area contributed by atoms with Gasteiger partial charge in [0.05, 0.1) is 9.92 Å². The lowest BCUT2D eigenvalue weighted by Gasteiger charge is -2.04. The van der Waals surface area contributed by atoms with Crippen molar-refractivity contribution in [2.45, 2.75) is 4.90 Å². The molecule has 1 aromatic heterocycles. The minimum absolute atomic E-state index is 0.183. The summed E-state index contributed by atoms with van der Waals surface area (Å²) in [5.74, 6) is 0.470. The predicted octanol–water partition coefficient (Wildman–Crippen LogP) is 2.20. The molecule has 2 aromatic rings. The van der Waals surface area contributed by atoms with E-state index < -0.39 is 9.84 Å². The maximum Gasteiger partial charge on any atom is 0.175 e. The van der Waals surface area contributed by atoms with Gasteiger partial charge in [0.1, 0.15) is 0 Å². The van der Waals surface area contributed by atoms with Crippen molar-refractivity contribution in [1.29, 1.82) is 0 Å². The van der Waals surface area contributed by atoms with Crippen LogP contribution in [0.3, 0.4) is 0 Å². The van der Waals surface area contributed by atoms with E-state index in [0.29, 0.717) is 16.4 Å². The van der Waals surface area contributed by atoms with Gasteiger partial charge in [0.2, 0.25) is 0 Å². The van der Waals surface area contributed by atoms with Gasteiger partial charge in [0.15, 0.2) is 15.7 Å². The minimum atomic E-state index is -3.25.